The van der Waals surface area contributed by atoms with E-state index in [0.717, 1.165) is 31.5 Å². The molecule has 37 heavy (non-hydrogen) atoms. The Kier molecular flexibility index (Phi) is 6.84. The fourth-order valence-corrected chi connectivity index (χ4v) is 6.12. The summed E-state index contributed by atoms with van der Waals surface area (Å²) in [5.41, 5.74) is 0.827. The van der Waals surface area contributed by atoms with Crippen molar-refractivity contribution in [2.24, 2.45) is 0 Å². The second kappa shape index (κ2) is 10.2. The van der Waals surface area contributed by atoms with Crippen LogP contribution in [0.3, 0.4) is 0 Å². The minimum atomic E-state index is -3.84. The maximum Gasteiger partial charge on any atom is 0.268 e. The van der Waals surface area contributed by atoms with Crippen molar-refractivity contribution in [2.45, 2.75) is 42.7 Å². The first-order valence-electron chi connectivity index (χ1n) is 12.3. The maximum atomic E-state index is 13.3. The smallest absolute Gasteiger partial charge is 0.268 e. The number of fused-ring (bicyclic) bond motifs is 1. The van der Waals surface area contributed by atoms with Crippen LogP contribution in [0.25, 0.3) is 10.9 Å². The van der Waals surface area contributed by atoms with E-state index in [1.165, 1.54) is 10.2 Å². The zero-order chi connectivity index (χ0) is 26.0. The van der Waals surface area contributed by atoms with E-state index in [0.29, 0.717) is 22.4 Å². The summed E-state index contributed by atoms with van der Waals surface area (Å²) in [5.74, 6) is 1.18. The van der Waals surface area contributed by atoms with Gasteiger partial charge in [-0.25, -0.2) is 17.4 Å². The highest BCUT2D eigenvalue weighted by molar-refractivity contribution is 7.90. The second-order valence-corrected chi connectivity index (χ2v) is 11.3. The van der Waals surface area contributed by atoms with Gasteiger partial charge in [-0.15, -0.1) is 0 Å². The number of carbonyl (C=O) groups is 1. The Morgan fingerprint density at radius 2 is 1.62 bits per heavy atom. The van der Waals surface area contributed by atoms with Crippen LogP contribution in [0.4, 0.5) is 11.8 Å². The molecule has 2 aromatic heterocycles. The van der Waals surface area contributed by atoms with E-state index in [9.17, 15) is 13.2 Å². The molecule has 0 aliphatic heterocycles. The lowest BCUT2D eigenvalue weighted by atomic mass is 9.91. The van der Waals surface area contributed by atoms with Crippen molar-refractivity contribution in [3.8, 4) is 0 Å². The van der Waals surface area contributed by atoms with Crippen molar-refractivity contribution >= 4 is 38.6 Å². The van der Waals surface area contributed by atoms with Gasteiger partial charge in [0.1, 0.15) is 5.82 Å². The molecule has 2 N–H and O–H groups in total. The lowest BCUT2D eigenvalue weighted by molar-refractivity contribution is 0.0928. The third-order valence-electron chi connectivity index (χ3n) is 6.72. The summed E-state index contributed by atoms with van der Waals surface area (Å²) in [4.78, 5) is 24.3. The third-order valence-corrected chi connectivity index (χ3v) is 8.41. The molecule has 1 aliphatic rings. The highest BCUT2D eigenvalue weighted by Gasteiger charge is 2.27. The average Bonchev–Trinajstić information content (AvgIpc) is 3.31. The minimum Gasteiger partial charge on any atom is -0.363 e. The molecule has 2 heterocycles. The quantitative estimate of drug-likeness (QED) is 0.382. The number of nitrogens with zero attached hydrogens (tertiary/aromatic N) is 4. The first-order chi connectivity index (χ1) is 17.8. The number of rotatable bonds is 7. The monoisotopic (exact) mass is 518 g/mol. The molecule has 1 fully saturated rings. The maximum absolute atomic E-state index is 13.3. The molecule has 1 saturated carbocycles. The Morgan fingerprint density at radius 3 is 2.35 bits per heavy atom. The van der Waals surface area contributed by atoms with E-state index in [2.05, 4.69) is 20.6 Å². The van der Waals surface area contributed by atoms with E-state index < -0.39 is 10.0 Å². The van der Waals surface area contributed by atoms with Gasteiger partial charge in [-0.2, -0.15) is 4.98 Å². The molecule has 0 atom stereocenters. The van der Waals surface area contributed by atoms with Crippen molar-refractivity contribution in [2.75, 3.05) is 24.3 Å². The van der Waals surface area contributed by atoms with Gasteiger partial charge in [0.05, 0.1) is 16.0 Å². The fraction of sp³-hybridized carbons (Fsp3) is 0.296. The van der Waals surface area contributed by atoms with Crippen LogP contribution in [-0.4, -0.2) is 54.4 Å². The summed E-state index contributed by atoms with van der Waals surface area (Å²) in [6, 6.07) is 17.4. The topological polar surface area (TPSA) is 109 Å². The predicted molar refractivity (Wildman–Crippen MR) is 144 cm³/mol. The molecule has 4 aromatic rings. The number of amides is 1. The van der Waals surface area contributed by atoms with Gasteiger partial charge >= 0.3 is 0 Å². The molecule has 9 nitrogen and oxygen atoms in total. The Morgan fingerprint density at radius 1 is 0.946 bits per heavy atom. The number of carbonyl (C=O) groups excluding carboxylic acids is 1. The summed E-state index contributed by atoms with van der Waals surface area (Å²) >= 11 is 0. The predicted octanol–water partition coefficient (Wildman–Crippen LogP) is 3.89. The lowest BCUT2D eigenvalue weighted by Crippen LogP contribution is -2.40. The van der Waals surface area contributed by atoms with E-state index in [4.69, 9.17) is 0 Å². The van der Waals surface area contributed by atoms with Gasteiger partial charge in [0.15, 0.2) is 0 Å². The molecule has 0 unspecified atom stereocenters. The first-order valence-corrected chi connectivity index (χ1v) is 13.8. The van der Waals surface area contributed by atoms with Gasteiger partial charge in [0.25, 0.3) is 15.9 Å². The average molecular weight is 519 g/mol. The molecular formula is C27H30N6O3S. The molecule has 10 heteroatoms. The van der Waals surface area contributed by atoms with Crippen LogP contribution in [0.2, 0.25) is 0 Å². The van der Waals surface area contributed by atoms with E-state index in [-0.39, 0.29) is 22.9 Å². The number of hydrogen-bond donors (Lipinski definition) is 2. The summed E-state index contributed by atoms with van der Waals surface area (Å²) in [6.07, 6.45) is 6.51. The Balaban J connectivity index is 1.28. The van der Waals surface area contributed by atoms with Crippen molar-refractivity contribution < 1.29 is 13.2 Å². The standard InChI is InChI=1S/C27H30N6O3S/c1-32(2)25-16-17-28-27(31-25)30-20-14-12-19(13-15-20)29-26(34)23-18-33(24-11-7-6-10-22(23)24)37(35,36)21-8-4-3-5-9-21/h3-11,16-20H,12-15H2,1-2H3,(H,29,34)(H,28,30,31)/t19-,20+. The SMILES string of the molecule is CN(C)c1ccnc(N[C@H]2CC[C@@H](NC(=O)c3cn(S(=O)(=O)c4ccccc4)c4ccccc34)CC2)n1. The molecule has 1 amide bonds. The zero-order valence-corrected chi connectivity index (χ0v) is 21.6. The number of hydrogen-bond acceptors (Lipinski definition) is 7. The highest BCUT2D eigenvalue weighted by atomic mass is 32.2. The Bertz CT molecular complexity index is 1510. The molecule has 0 radical (unpaired) electrons. The normalized spacial score (nSPS) is 17.9. The van der Waals surface area contributed by atoms with Crippen LogP contribution in [0.1, 0.15) is 36.0 Å². The lowest BCUT2D eigenvalue weighted by Gasteiger charge is -2.29. The van der Waals surface area contributed by atoms with E-state index >= 15 is 0 Å². The van der Waals surface area contributed by atoms with Crippen LogP contribution >= 0.6 is 0 Å². The molecule has 2 aromatic carbocycles. The number of nitrogens with one attached hydrogen (secondary N) is 2. The van der Waals surface area contributed by atoms with Crippen LogP contribution in [0.5, 0.6) is 0 Å². The number of para-hydroxylation sites is 1. The van der Waals surface area contributed by atoms with Crippen molar-refractivity contribution in [1.82, 2.24) is 19.3 Å². The van der Waals surface area contributed by atoms with Gasteiger partial charge in [0, 0.05) is 44.0 Å². The van der Waals surface area contributed by atoms with Crippen LogP contribution < -0.4 is 15.5 Å². The van der Waals surface area contributed by atoms with Gasteiger partial charge in [-0.05, 0) is 49.9 Å². The number of aromatic nitrogens is 3. The minimum absolute atomic E-state index is 0.00687. The van der Waals surface area contributed by atoms with Crippen LogP contribution in [0.15, 0.2) is 78.0 Å². The van der Waals surface area contributed by atoms with Crippen molar-refractivity contribution in [3.63, 3.8) is 0 Å². The van der Waals surface area contributed by atoms with Crippen molar-refractivity contribution in [1.29, 1.82) is 0 Å². The third kappa shape index (κ3) is 5.15. The Labute approximate surface area is 216 Å². The summed E-state index contributed by atoms with van der Waals surface area (Å²) in [7, 11) is 0.0346. The molecular weight excluding hydrogens is 488 g/mol. The molecule has 0 saturated heterocycles. The molecule has 1 aliphatic carbocycles. The molecule has 0 spiro atoms. The van der Waals surface area contributed by atoms with Crippen LogP contribution in [0, 0.1) is 0 Å². The summed E-state index contributed by atoms with van der Waals surface area (Å²) in [6.45, 7) is 0. The highest BCUT2D eigenvalue weighted by Crippen LogP contribution is 2.27. The van der Waals surface area contributed by atoms with Crippen molar-refractivity contribution in [3.05, 3.63) is 78.6 Å². The molecule has 5 rings (SSSR count). The van der Waals surface area contributed by atoms with Gasteiger partial charge in [-0.3, -0.25) is 4.79 Å². The fourth-order valence-electron chi connectivity index (χ4n) is 4.73. The summed E-state index contributed by atoms with van der Waals surface area (Å²) < 4.78 is 27.9. The van der Waals surface area contributed by atoms with Crippen LogP contribution in [-0.2, 0) is 10.0 Å². The Hall–Kier alpha value is -3.92. The van der Waals surface area contributed by atoms with E-state index in [1.807, 2.05) is 31.1 Å². The second-order valence-electron chi connectivity index (χ2n) is 9.47. The largest absolute Gasteiger partial charge is 0.363 e. The number of anilines is 2. The van der Waals surface area contributed by atoms with Gasteiger partial charge in [0.2, 0.25) is 5.95 Å². The summed E-state index contributed by atoms with van der Waals surface area (Å²) in [5, 5.41) is 7.14. The zero-order valence-electron chi connectivity index (χ0n) is 20.8. The molecule has 192 valence electrons. The van der Waals surface area contributed by atoms with Gasteiger partial charge < -0.3 is 15.5 Å². The molecule has 0 bridgehead atoms. The number of benzene rings is 2. The first kappa shape index (κ1) is 24.8. The van der Waals surface area contributed by atoms with Gasteiger partial charge in [-0.1, -0.05) is 36.4 Å². The van der Waals surface area contributed by atoms with E-state index in [1.54, 1.807) is 54.7 Å².